The summed E-state index contributed by atoms with van der Waals surface area (Å²) in [5.74, 6) is 0.384. The molecule has 2 saturated heterocycles. The average Bonchev–Trinajstić information content (AvgIpc) is 3.14. The molecule has 0 bridgehead atoms. The van der Waals surface area contributed by atoms with Crippen molar-refractivity contribution in [2.75, 3.05) is 39.2 Å². The predicted molar refractivity (Wildman–Crippen MR) is 96.4 cm³/mol. The Hall–Kier alpha value is -1.99. The molecule has 2 heterocycles. The van der Waals surface area contributed by atoms with Crippen molar-refractivity contribution in [2.24, 2.45) is 0 Å². The van der Waals surface area contributed by atoms with Gasteiger partial charge in [-0.1, -0.05) is 0 Å². The molecule has 0 spiro atoms. The maximum atomic E-state index is 11.8. The number of nitrogens with one attached hydrogen (secondary N) is 1. The lowest BCUT2D eigenvalue weighted by Gasteiger charge is -2.23. The Balaban J connectivity index is 1.94. The van der Waals surface area contributed by atoms with Crippen LogP contribution in [0.3, 0.4) is 0 Å². The van der Waals surface area contributed by atoms with Gasteiger partial charge in [0, 0.05) is 30.4 Å². The first-order valence-electron chi connectivity index (χ1n) is 7.82. The summed E-state index contributed by atoms with van der Waals surface area (Å²) in [6.45, 7) is 1.90. The van der Waals surface area contributed by atoms with Crippen LogP contribution >= 0.6 is 11.8 Å². The fraction of sp³-hybridized carbons (Fsp3) is 0.412. The van der Waals surface area contributed by atoms with Crippen molar-refractivity contribution in [3.05, 3.63) is 28.7 Å². The second kappa shape index (κ2) is 6.86. The zero-order chi connectivity index (χ0) is 17.3. The summed E-state index contributed by atoms with van der Waals surface area (Å²) in [6.07, 6.45) is 2.87. The highest BCUT2D eigenvalue weighted by atomic mass is 32.2. The molecule has 0 aliphatic carbocycles. The molecule has 2 fully saturated rings. The van der Waals surface area contributed by atoms with Gasteiger partial charge < -0.3 is 14.5 Å². The second-order valence-corrected chi connectivity index (χ2v) is 7.14. The van der Waals surface area contributed by atoms with E-state index in [0.29, 0.717) is 10.9 Å². The number of thioether (sulfide) groups is 1. The number of likely N-dealkylation sites (N-methyl/N-ethyl adjacent to an activating group) is 1. The molecule has 1 N–H and O–H groups in total. The average molecular weight is 347 g/mol. The van der Waals surface area contributed by atoms with E-state index >= 15 is 0 Å². The van der Waals surface area contributed by atoms with E-state index in [1.807, 2.05) is 18.2 Å². The third kappa shape index (κ3) is 3.42. The molecule has 2 aliphatic rings. The number of hydrogen-bond donors (Lipinski definition) is 1. The number of rotatable bonds is 4. The highest BCUT2D eigenvalue weighted by Crippen LogP contribution is 2.33. The number of amides is 2. The zero-order valence-corrected chi connectivity index (χ0v) is 14.9. The van der Waals surface area contributed by atoms with Crippen molar-refractivity contribution in [1.29, 1.82) is 0 Å². The van der Waals surface area contributed by atoms with Crippen LogP contribution in [0.4, 0.5) is 10.5 Å². The minimum Gasteiger partial charge on any atom is -0.497 e. The number of benzene rings is 1. The molecule has 24 heavy (non-hydrogen) atoms. The molecule has 1 aromatic rings. The first-order chi connectivity index (χ1) is 11.5. The first kappa shape index (κ1) is 16.9. The van der Waals surface area contributed by atoms with Crippen LogP contribution in [-0.2, 0) is 4.79 Å². The van der Waals surface area contributed by atoms with Gasteiger partial charge >= 0.3 is 0 Å². The summed E-state index contributed by atoms with van der Waals surface area (Å²) in [7, 11) is 5.80. The maximum Gasteiger partial charge on any atom is 0.290 e. The quantitative estimate of drug-likeness (QED) is 0.842. The zero-order valence-electron chi connectivity index (χ0n) is 14.0. The van der Waals surface area contributed by atoms with Crippen LogP contribution in [0.25, 0.3) is 6.08 Å². The largest absolute Gasteiger partial charge is 0.497 e. The molecule has 0 aromatic heterocycles. The topological polar surface area (TPSA) is 61.9 Å². The molecule has 128 valence electrons. The molecular weight excluding hydrogens is 326 g/mol. The summed E-state index contributed by atoms with van der Waals surface area (Å²) in [6, 6.07) is 6.36. The van der Waals surface area contributed by atoms with E-state index in [-0.39, 0.29) is 11.1 Å². The van der Waals surface area contributed by atoms with Crippen LogP contribution < -0.4 is 15.0 Å². The van der Waals surface area contributed by atoms with Crippen LogP contribution in [0.2, 0.25) is 0 Å². The Kier molecular flexibility index (Phi) is 4.82. The number of hydrogen-bond acceptors (Lipinski definition) is 6. The third-order valence-corrected chi connectivity index (χ3v) is 5.21. The third-order valence-electron chi connectivity index (χ3n) is 4.40. The number of nitrogens with zero attached hydrogens (tertiary/aromatic N) is 2. The van der Waals surface area contributed by atoms with Gasteiger partial charge in [-0.25, -0.2) is 0 Å². The molecule has 0 radical (unpaired) electrons. The predicted octanol–water partition coefficient (Wildman–Crippen LogP) is 2.16. The smallest absolute Gasteiger partial charge is 0.290 e. The monoisotopic (exact) mass is 347 g/mol. The molecule has 2 aliphatic heterocycles. The molecule has 2 amide bonds. The molecule has 0 unspecified atom stereocenters. The lowest BCUT2D eigenvalue weighted by Crippen LogP contribution is -2.31. The number of ether oxygens (including phenoxy) is 1. The van der Waals surface area contributed by atoms with E-state index in [0.717, 1.165) is 48.3 Å². The van der Waals surface area contributed by atoms with Gasteiger partial charge in [-0.3, -0.25) is 14.9 Å². The Morgan fingerprint density at radius 1 is 1.38 bits per heavy atom. The summed E-state index contributed by atoms with van der Waals surface area (Å²) < 4.78 is 5.31. The van der Waals surface area contributed by atoms with Crippen molar-refractivity contribution in [2.45, 2.75) is 12.5 Å². The van der Waals surface area contributed by atoms with Crippen LogP contribution in [0, 0.1) is 0 Å². The van der Waals surface area contributed by atoms with Crippen LogP contribution in [0.15, 0.2) is 23.1 Å². The SMILES string of the molecule is COc1ccc(N2CC[C@H](N(C)C)C2)c(/C=C2/SC(=O)NC2=O)c1. The van der Waals surface area contributed by atoms with Crippen LogP contribution in [-0.4, -0.2) is 56.4 Å². The summed E-state index contributed by atoms with van der Waals surface area (Å²) >= 11 is 0.933. The van der Waals surface area contributed by atoms with Gasteiger partial charge in [-0.05, 0) is 56.6 Å². The minimum atomic E-state index is -0.341. The van der Waals surface area contributed by atoms with E-state index in [4.69, 9.17) is 4.74 Å². The molecule has 0 saturated carbocycles. The Bertz CT molecular complexity index is 702. The highest BCUT2D eigenvalue weighted by Gasteiger charge is 2.28. The second-order valence-electron chi connectivity index (χ2n) is 6.13. The lowest BCUT2D eigenvalue weighted by molar-refractivity contribution is -0.115. The van der Waals surface area contributed by atoms with Crippen molar-refractivity contribution >= 4 is 34.7 Å². The molecule has 1 atom stereocenters. The van der Waals surface area contributed by atoms with Crippen LogP contribution in [0.5, 0.6) is 5.75 Å². The standard InChI is InChI=1S/C17H21N3O3S/c1-19(2)12-6-7-20(10-12)14-5-4-13(23-3)8-11(14)9-15-16(21)18-17(22)24-15/h4-5,8-9,12H,6-7,10H2,1-3H3,(H,18,21,22)/b15-9+/t12-/m0/s1. The number of anilines is 1. The highest BCUT2D eigenvalue weighted by molar-refractivity contribution is 8.18. The summed E-state index contributed by atoms with van der Waals surface area (Å²) in [4.78, 5) is 28.2. The number of methoxy groups -OCH3 is 1. The fourth-order valence-corrected chi connectivity index (χ4v) is 3.68. The number of carbonyl (C=O) groups excluding carboxylic acids is 2. The number of carbonyl (C=O) groups is 2. The van der Waals surface area contributed by atoms with Crippen molar-refractivity contribution in [3.8, 4) is 5.75 Å². The lowest BCUT2D eigenvalue weighted by atomic mass is 10.1. The molecule has 7 heteroatoms. The summed E-state index contributed by atoms with van der Waals surface area (Å²) in [5, 5.41) is 1.96. The van der Waals surface area contributed by atoms with Gasteiger partial charge in [0.1, 0.15) is 5.75 Å². The van der Waals surface area contributed by atoms with E-state index < -0.39 is 0 Å². The van der Waals surface area contributed by atoms with Gasteiger partial charge in [0.2, 0.25) is 0 Å². The van der Waals surface area contributed by atoms with Gasteiger partial charge in [-0.2, -0.15) is 0 Å². The van der Waals surface area contributed by atoms with Gasteiger partial charge in [-0.15, -0.1) is 0 Å². The normalized spacial score (nSPS) is 22.6. The van der Waals surface area contributed by atoms with E-state index in [1.54, 1.807) is 13.2 Å². The summed E-state index contributed by atoms with van der Waals surface area (Å²) in [5.41, 5.74) is 1.95. The van der Waals surface area contributed by atoms with Crippen molar-refractivity contribution < 1.29 is 14.3 Å². The molecule has 1 aromatic carbocycles. The Labute approximate surface area is 145 Å². The Morgan fingerprint density at radius 2 is 2.17 bits per heavy atom. The van der Waals surface area contributed by atoms with Crippen molar-refractivity contribution in [1.82, 2.24) is 10.2 Å². The molecular formula is C17H21N3O3S. The van der Waals surface area contributed by atoms with Crippen molar-refractivity contribution in [3.63, 3.8) is 0 Å². The molecule has 6 nitrogen and oxygen atoms in total. The number of imide groups is 1. The minimum absolute atomic E-state index is 0.329. The van der Waals surface area contributed by atoms with Crippen LogP contribution in [0.1, 0.15) is 12.0 Å². The van der Waals surface area contributed by atoms with Gasteiger partial charge in [0.15, 0.2) is 0 Å². The first-order valence-corrected chi connectivity index (χ1v) is 8.64. The molecule has 3 rings (SSSR count). The van der Waals surface area contributed by atoms with E-state index in [1.165, 1.54) is 0 Å². The Morgan fingerprint density at radius 3 is 2.75 bits per heavy atom. The van der Waals surface area contributed by atoms with Gasteiger partial charge in [0.05, 0.1) is 12.0 Å². The van der Waals surface area contributed by atoms with E-state index in [9.17, 15) is 9.59 Å². The maximum absolute atomic E-state index is 11.8. The van der Waals surface area contributed by atoms with Gasteiger partial charge in [0.25, 0.3) is 11.1 Å². The fourth-order valence-electron chi connectivity index (χ4n) is 3.01. The van der Waals surface area contributed by atoms with E-state index in [2.05, 4.69) is 29.2 Å².